The molecule has 1 atom stereocenters. The Morgan fingerprint density at radius 3 is 2.50 bits per heavy atom. The van der Waals surface area contributed by atoms with Crippen LogP contribution in [0.2, 0.25) is 0 Å². The Morgan fingerprint density at radius 1 is 1.57 bits per heavy atom. The minimum absolute atomic E-state index is 0.0343. The van der Waals surface area contributed by atoms with Crippen molar-refractivity contribution in [2.45, 2.75) is 25.0 Å². The van der Waals surface area contributed by atoms with E-state index in [1.165, 1.54) is 7.11 Å². The number of rotatable bonds is 5. The zero-order valence-electron chi connectivity index (χ0n) is 8.91. The molecule has 0 spiro atoms. The molecule has 0 saturated carbocycles. The fraction of sp³-hybridized carbons (Fsp3) is 0.889. The van der Waals surface area contributed by atoms with E-state index in [0.717, 1.165) is 19.5 Å². The van der Waals surface area contributed by atoms with Gasteiger partial charge in [0.2, 0.25) is 5.78 Å². The third-order valence-electron chi connectivity index (χ3n) is 2.43. The van der Waals surface area contributed by atoms with Crippen LogP contribution in [0.4, 0.5) is 0 Å². The summed E-state index contributed by atoms with van der Waals surface area (Å²) in [5.74, 6) is -0.106. The number of hydrogen-bond donors (Lipinski definition) is 0. The smallest absolute Gasteiger partial charge is 0.214 e. The quantitative estimate of drug-likeness (QED) is 0.626. The average molecular weight is 219 g/mol. The van der Waals surface area contributed by atoms with Crippen molar-refractivity contribution in [3.63, 3.8) is 0 Å². The summed E-state index contributed by atoms with van der Waals surface area (Å²) in [6.07, 6.45) is 1.07. The molecule has 0 aromatic heterocycles. The SMILES string of the molecule is COCC(=O)C(C)(C)[S+]([O-])N1CCC1. The van der Waals surface area contributed by atoms with E-state index in [4.69, 9.17) is 4.74 Å². The molecule has 14 heavy (non-hydrogen) atoms. The van der Waals surface area contributed by atoms with E-state index in [1.54, 1.807) is 13.8 Å². The molecule has 0 aliphatic carbocycles. The van der Waals surface area contributed by atoms with Gasteiger partial charge in [-0.2, -0.15) is 0 Å². The van der Waals surface area contributed by atoms with Crippen LogP contribution in [0.3, 0.4) is 0 Å². The van der Waals surface area contributed by atoms with Crippen LogP contribution in [0.15, 0.2) is 0 Å². The van der Waals surface area contributed by atoms with Gasteiger partial charge in [-0.25, -0.2) is 0 Å². The number of Topliss-reactive ketones (excluding diaryl/α,β-unsaturated/α-hetero) is 1. The van der Waals surface area contributed by atoms with E-state index >= 15 is 0 Å². The Labute approximate surface area is 87.9 Å². The summed E-state index contributed by atoms with van der Waals surface area (Å²) >= 11 is -1.22. The standard InChI is InChI=1S/C9H17NO3S/c1-9(2,8(11)7-13-3)14(12)10-5-4-6-10/h4-7H2,1-3H3. The van der Waals surface area contributed by atoms with Gasteiger partial charge in [0.15, 0.2) is 4.75 Å². The van der Waals surface area contributed by atoms with Crippen molar-refractivity contribution in [1.82, 2.24) is 4.31 Å². The number of nitrogens with zero attached hydrogens (tertiary/aromatic N) is 1. The summed E-state index contributed by atoms with van der Waals surface area (Å²) in [4.78, 5) is 11.6. The summed E-state index contributed by atoms with van der Waals surface area (Å²) in [6.45, 7) is 5.12. The van der Waals surface area contributed by atoms with E-state index in [2.05, 4.69) is 0 Å². The molecule has 1 rings (SSSR count). The third-order valence-corrected chi connectivity index (χ3v) is 4.37. The lowest BCUT2D eigenvalue weighted by molar-refractivity contribution is -0.124. The first-order valence-electron chi connectivity index (χ1n) is 4.69. The molecule has 0 aromatic carbocycles. The van der Waals surface area contributed by atoms with Crippen molar-refractivity contribution in [3.05, 3.63) is 0 Å². The monoisotopic (exact) mass is 219 g/mol. The van der Waals surface area contributed by atoms with Crippen molar-refractivity contribution in [2.24, 2.45) is 0 Å². The van der Waals surface area contributed by atoms with Crippen molar-refractivity contribution in [2.75, 3.05) is 26.8 Å². The first-order chi connectivity index (χ1) is 6.50. The highest BCUT2D eigenvalue weighted by Crippen LogP contribution is 2.26. The minimum Gasteiger partial charge on any atom is -0.597 e. The summed E-state index contributed by atoms with van der Waals surface area (Å²) in [5, 5.41) is 0. The maximum atomic E-state index is 11.9. The van der Waals surface area contributed by atoms with Crippen LogP contribution in [0.5, 0.6) is 0 Å². The molecule has 4 nitrogen and oxygen atoms in total. The molecule has 1 fully saturated rings. The fourth-order valence-electron chi connectivity index (χ4n) is 1.18. The van der Waals surface area contributed by atoms with Crippen LogP contribution >= 0.6 is 0 Å². The fourth-order valence-corrected chi connectivity index (χ4v) is 2.67. The normalized spacial score (nSPS) is 20.3. The van der Waals surface area contributed by atoms with Crippen molar-refractivity contribution < 1.29 is 14.1 Å². The zero-order chi connectivity index (χ0) is 10.8. The second kappa shape index (κ2) is 4.61. The van der Waals surface area contributed by atoms with Crippen LogP contribution in [-0.2, 0) is 20.9 Å². The summed E-state index contributed by atoms with van der Waals surface area (Å²) in [6, 6.07) is 0. The van der Waals surface area contributed by atoms with Gasteiger partial charge in [0.25, 0.3) is 0 Å². The van der Waals surface area contributed by atoms with Gasteiger partial charge < -0.3 is 9.29 Å². The van der Waals surface area contributed by atoms with Gasteiger partial charge in [-0.05, 0) is 20.3 Å². The van der Waals surface area contributed by atoms with E-state index < -0.39 is 16.1 Å². The van der Waals surface area contributed by atoms with E-state index in [1.807, 2.05) is 4.31 Å². The highest BCUT2D eigenvalue weighted by Gasteiger charge is 2.45. The number of methoxy groups -OCH3 is 1. The predicted molar refractivity (Wildman–Crippen MR) is 55.3 cm³/mol. The Hall–Kier alpha value is -0.100. The van der Waals surface area contributed by atoms with Crippen LogP contribution in [0.1, 0.15) is 20.3 Å². The zero-order valence-corrected chi connectivity index (χ0v) is 9.73. The Morgan fingerprint density at radius 2 is 2.14 bits per heavy atom. The lowest BCUT2D eigenvalue weighted by Gasteiger charge is -2.38. The summed E-state index contributed by atoms with van der Waals surface area (Å²) in [7, 11) is 1.47. The van der Waals surface area contributed by atoms with Gasteiger partial charge in [-0.15, -0.1) is 4.31 Å². The Bertz CT molecular complexity index is 216. The molecule has 5 heteroatoms. The average Bonchev–Trinajstić information content (AvgIpc) is 2.01. The van der Waals surface area contributed by atoms with Gasteiger partial charge in [0, 0.05) is 20.2 Å². The second-order valence-electron chi connectivity index (χ2n) is 3.90. The maximum Gasteiger partial charge on any atom is 0.214 e. The number of carbonyl (C=O) groups is 1. The third kappa shape index (κ3) is 2.28. The lowest BCUT2D eigenvalue weighted by atomic mass is 10.1. The molecule has 0 radical (unpaired) electrons. The van der Waals surface area contributed by atoms with Gasteiger partial charge in [-0.3, -0.25) is 4.79 Å². The molecule has 1 aliphatic rings. The van der Waals surface area contributed by atoms with Crippen LogP contribution in [0.25, 0.3) is 0 Å². The van der Waals surface area contributed by atoms with Gasteiger partial charge in [0.1, 0.15) is 6.61 Å². The molecule has 0 N–H and O–H groups in total. The van der Waals surface area contributed by atoms with Crippen molar-refractivity contribution >= 4 is 17.1 Å². The highest BCUT2D eigenvalue weighted by molar-refractivity contribution is 7.91. The molecule has 1 aliphatic heterocycles. The van der Waals surface area contributed by atoms with Crippen LogP contribution in [0, 0.1) is 0 Å². The number of carbonyl (C=O) groups excluding carboxylic acids is 1. The van der Waals surface area contributed by atoms with E-state index in [-0.39, 0.29) is 12.4 Å². The summed E-state index contributed by atoms with van der Waals surface area (Å²) < 4.78 is 17.7. The van der Waals surface area contributed by atoms with E-state index in [0.29, 0.717) is 0 Å². The molecular weight excluding hydrogens is 202 g/mol. The number of hydrogen-bond acceptors (Lipinski definition) is 4. The molecule has 0 bridgehead atoms. The van der Waals surface area contributed by atoms with Crippen molar-refractivity contribution in [1.29, 1.82) is 0 Å². The molecule has 1 saturated heterocycles. The highest BCUT2D eigenvalue weighted by atomic mass is 32.2. The number of ether oxygens (including phenoxy) is 1. The molecule has 0 amide bonds. The topological polar surface area (TPSA) is 52.6 Å². The molecule has 82 valence electrons. The first-order valence-corrected chi connectivity index (χ1v) is 5.80. The lowest BCUT2D eigenvalue weighted by Crippen LogP contribution is -2.54. The summed E-state index contributed by atoms with van der Waals surface area (Å²) in [5.41, 5.74) is 0. The molecule has 1 heterocycles. The first kappa shape index (κ1) is 12.0. The molecular formula is C9H17NO3S. The van der Waals surface area contributed by atoms with Crippen molar-refractivity contribution in [3.8, 4) is 0 Å². The van der Waals surface area contributed by atoms with Gasteiger partial charge in [-0.1, -0.05) is 0 Å². The Balaban J connectivity index is 2.57. The molecule has 1 unspecified atom stereocenters. The van der Waals surface area contributed by atoms with Crippen LogP contribution in [-0.4, -0.2) is 46.2 Å². The predicted octanol–water partition coefficient (Wildman–Crippen LogP) is 0.350. The molecule has 0 aromatic rings. The minimum atomic E-state index is -1.22. The number of ketones is 1. The maximum absolute atomic E-state index is 11.9. The van der Waals surface area contributed by atoms with Crippen LogP contribution < -0.4 is 0 Å². The largest absolute Gasteiger partial charge is 0.597 e. The van der Waals surface area contributed by atoms with Gasteiger partial charge in [0.05, 0.1) is 11.4 Å². The van der Waals surface area contributed by atoms with Gasteiger partial charge >= 0.3 is 0 Å². The van der Waals surface area contributed by atoms with E-state index in [9.17, 15) is 9.35 Å². The second-order valence-corrected chi connectivity index (χ2v) is 5.93. The Kier molecular flexibility index (Phi) is 3.94.